The lowest BCUT2D eigenvalue weighted by atomic mass is 10.1. The molecule has 1 saturated heterocycles. The van der Waals surface area contributed by atoms with Crippen molar-refractivity contribution in [2.45, 2.75) is 0 Å². The minimum atomic E-state index is -0.508. The van der Waals surface area contributed by atoms with Crippen molar-refractivity contribution >= 4 is 58.0 Å². The van der Waals surface area contributed by atoms with Crippen LogP contribution in [0.2, 0.25) is 0 Å². The van der Waals surface area contributed by atoms with Gasteiger partial charge in [-0.15, -0.1) is 6.58 Å². The highest BCUT2D eigenvalue weighted by Gasteiger charge is 2.32. The Morgan fingerprint density at radius 2 is 2.09 bits per heavy atom. The van der Waals surface area contributed by atoms with E-state index in [0.29, 0.717) is 5.56 Å². The van der Waals surface area contributed by atoms with Crippen LogP contribution in [0.25, 0.3) is 17.1 Å². The summed E-state index contributed by atoms with van der Waals surface area (Å²) in [4.78, 5) is 25.7. The Morgan fingerprint density at radius 3 is 2.86 bits per heavy atom. The molecular weight excluding hydrogens is 320 g/mol. The van der Waals surface area contributed by atoms with E-state index in [9.17, 15) is 9.59 Å². The van der Waals surface area contributed by atoms with Crippen LogP contribution in [0.15, 0.2) is 36.4 Å². The molecule has 3 rings (SSSR count). The SMILES string of the molecule is C=CCN1C(=O)C(=Cc2ccc3nsnc3c2)C(=O)NC1=S. The molecule has 0 radical (unpaired) electrons. The van der Waals surface area contributed by atoms with Crippen LogP contribution in [0.5, 0.6) is 0 Å². The molecule has 6 nitrogen and oxygen atoms in total. The number of aromatic nitrogens is 2. The highest BCUT2D eigenvalue weighted by atomic mass is 32.1. The number of carbonyl (C=O) groups excluding carboxylic acids is 2. The second kappa shape index (κ2) is 5.74. The van der Waals surface area contributed by atoms with Crippen molar-refractivity contribution in [1.29, 1.82) is 0 Å². The van der Waals surface area contributed by atoms with Crippen LogP contribution in [0.4, 0.5) is 0 Å². The minimum Gasteiger partial charge on any atom is -0.298 e. The molecular formula is C14H10N4O2S2. The summed E-state index contributed by atoms with van der Waals surface area (Å²) in [5.74, 6) is -0.947. The molecule has 1 aliphatic rings. The fourth-order valence-corrected chi connectivity index (χ4v) is 2.81. The van der Waals surface area contributed by atoms with Crippen LogP contribution in [-0.4, -0.2) is 37.1 Å². The van der Waals surface area contributed by atoms with E-state index in [1.165, 1.54) is 11.0 Å². The fourth-order valence-electron chi connectivity index (χ4n) is 2.04. The van der Waals surface area contributed by atoms with Gasteiger partial charge in [0.25, 0.3) is 11.8 Å². The molecule has 2 aromatic rings. The van der Waals surface area contributed by atoms with Gasteiger partial charge in [0.05, 0.1) is 11.7 Å². The summed E-state index contributed by atoms with van der Waals surface area (Å²) in [6.45, 7) is 3.82. The standard InChI is InChI=1S/C14H10N4O2S2/c1-2-5-18-13(20)9(12(19)15-14(18)21)6-8-3-4-10-11(7-8)17-22-16-10/h2-4,6-7H,1,5H2,(H,15,19,21). The van der Waals surface area contributed by atoms with Gasteiger partial charge in [-0.25, -0.2) is 0 Å². The maximum absolute atomic E-state index is 12.4. The lowest BCUT2D eigenvalue weighted by Gasteiger charge is -2.27. The first-order valence-electron chi connectivity index (χ1n) is 6.32. The highest BCUT2D eigenvalue weighted by molar-refractivity contribution is 7.80. The van der Waals surface area contributed by atoms with Crippen LogP contribution >= 0.6 is 23.9 Å². The van der Waals surface area contributed by atoms with Crippen molar-refractivity contribution in [3.8, 4) is 0 Å². The smallest absolute Gasteiger partial charge is 0.265 e. The predicted octanol–water partition coefficient (Wildman–Crippen LogP) is 1.50. The van der Waals surface area contributed by atoms with Gasteiger partial charge in [0.15, 0.2) is 5.11 Å². The average molecular weight is 330 g/mol. The Kier molecular flexibility index (Phi) is 3.78. The van der Waals surface area contributed by atoms with Crippen molar-refractivity contribution in [2.75, 3.05) is 6.54 Å². The second-order valence-electron chi connectivity index (χ2n) is 4.53. The maximum Gasteiger partial charge on any atom is 0.265 e. The number of amides is 2. The number of rotatable bonds is 3. The van der Waals surface area contributed by atoms with Gasteiger partial charge in [-0.1, -0.05) is 12.1 Å². The lowest BCUT2D eigenvalue weighted by molar-refractivity contribution is -0.128. The maximum atomic E-state index is 12.4. The lowest BCUT2D eigenvalue weighted by Crippen LogP contribution is -2.53. The van der Waals surface area contributed by atoms with Gasteiger partial charge < -0.3 is 0 Å². The summed E-state index contributed by atoms with van der Waals surface area (Å²) in [5, 5.41) is 2.59. The van der Waals surface area contributed by atoms with E-state index in [1.54, 1.807) is 24.3 Å². The summed E-state index contributed by atoms with van der Waals surface area (Å²) in [5.41, 5.74) is 2.23. The number of benzene rings is 1. The molecule has 1 aromatic carbocycles. The molecule has 110 valence electrons. The van der Waals surface area contributed by atoms with E-state index in [4.69, 9.17) is 12.2 Å². The molecule has 0 spiro atoms. The molecule has 2 amide bonds. The van der Waals surface area contributed by atoms with Crippen molar-refractivity contribution in [3.63, 3.8) is 0 Å². The third-order valence-corrected chi connectivity index (χ3v) is 3.97. The quantitative estimate of drug-likeness (QED) is 0.399. The fraction of sp³-hybridized carbons (Fsp3) is 0.0714. The van der Waals surface area contributed by atoms with E-state index in [-0.39, 0.29) is 17.2 Å². The molecule has 0 saturated carbocycles. The van der Waals surface area contributed by atoms with Crippen molar-refractivity contribution in [1.82, 2.24) is 19.0 Å². The zero-order valence-corrected chi connectivity index (χ0v) is 12.9. The number of fused-ring (bicyclic) bond motifs is 1. The zero-order valence-electron chi connectivity index (χ0n) is 11.3. The number of hydrogen-bond donors (Lipinski definition) is 1. The Morgan fingerprint density at radius 1 is 1.32 bits per heavy atom. The first-order chi connectivity index (χ1) is 10.6. The van der Waals surface area contributed by atoms with Crippen LogP contribution in [0.3, 0.4) is 0 Å². The molecule has 0 aliphatic carbocycles. The van der Waals surface area contributed by atoms with Crippen molar-refractivity contribution in [3.05, 3.63) is 42.0 Å². The molecule has 0 unspecified atom stereocenters. The molecule has 0 bridgehead atoms. The van der Waals surface area contributed by atoms with Crippen LogP contribution in [0.1, 0.15) is 5.56 Å². The molecule has 1 fully saturated rings. The van der Waals surface area contributed by atoms with Gasteiger partial charge in [-0.3, -0.25) is 19.8 Å². The third kappa shape index (κ3) is 2.53. The van der Waals surface area contributed by atoms with Gasteiger partial charge in [-0.05, 0) is 36.0 Å². The largest absolute Gasteiger partial charge is 0.298 e. The Bertz CT molecular complexity index is 840. The average Bonchev–Trinajstić information content (AvgIpc) is 2.95. The summed E-state index contributed by atoms with van der Waals surface area (Å²) in [7, 11) is 0. The van der Waals surface area contributed by atoms with E-state index < -0.39 is 11.8 Å². The van der Waals surface area contributed by atoms with Gasteiger partial charge in [-0.2, -0.15) is 8.75 Å². The summed E-state index contributed by atoms with van der Waals surface area (Å²) in [6.07, 6.45) is 3.07. The molecule has 22 heavy (non-hydrogen) atoms. The third-order valence-electron chi connectivity index (χ3n) is 3.09. The minimum absolute atomic E-state index is 0.0259. The Balaban J connectivity index is 2.00. The first-order valence-corrected chi connectivity index (χ1v) is 7.46. The van der Waals surface area contributed by atoms with E-state index in [2.05, 4.69) is 20.6 Å². The monoisotopic (exact) mass is 330 g/mol. The summed E-state index contributed by atoms with van der Waals surface area (Å²) >= 11 is 6.11. The summed E-state index contributed by atoms with van der Waals surface area (Å²) < 4.78 is 8.25. The normalized spacial score (nSPS) is 17.2. The van der Waals surface area contributed by atoms with Crippen molar-refractivity contribution in [2.24, 2.45) is 0 Å². The number of nitrogens with one attached hydrogen (secondary N) is 1. The van der Waals surface area contributed by atoms with Gasteiger partial charge in [0.1, 0.15) is 16.6 Å². The van der Waals surface area contributed by atoms with E-state index >= 15 is 0 Å². The number of carbonyl (C=O) groups is 2. The van der Waals surface area contributed by atoms with E-state index in [0.717, 1.165) is 22.8 Å². The molecule has 0 atom stereocenters. The summed E-state index contributed by atoms with van der Waals surface area (Å²) in [6, 6.07) is 5.35. The van der Waals surface area contributed by atoms with Crippen LogP contribution in [0, 0.1) is 0 Å². The van der Waals surface area contributed by atoms with Gasteiger partial charge in [0, 0.05) is 6.54 Å². The second-order valence-corrected chi connectivity index (χ2v) is 5.45. The molecule has 8 heteroatoms. The number of thiocarbonyl (C=S) groups is 1. The Labute approximate surface area is 135 Å². The van der Waals surface area contributed by atoms with Gasteiger partial charge >= 0.3 is 0 Å². The molecule has 1 aromatic heterocycles. The molecule has 1 aliphatic heterocycles. The zero-order chi connectivity index (χ0) is 15.7. The number of nitrogens with zero attached hydrogens (tertiary/aromatic N) is 3. The van der Waals surface area contributed by atoms with Crippen LogP contribution in [-0.2, 0) is 9.59 Å². The molecule has 2 heterocycles. The van der Waals surface area contributed by atoms with Crippen LogP contribution < -0.4 is 5.32 Å². The molecule has 1 N–H and O–H groups in total. The van der Waals surface area contributed by atoms with E-state index in [1.807, 2.05) is 0 Å². The predicted molar refractivity (Wildman–Crippen MR) is 88.0 cm³/mol. The number of hydrogen-bond acceptors (Lipinski definition) is 6. The Hall–Kier alpha value is -2.45. The van der Waals surface area contributed by atoms with Crippen molar-refractivity contribution < 1.29 is 9.59 Å². The topological polar surface area (TPSA) is 75.2 Å². The highest BCUT2D eigenvalue weighted by Crippen LogP contribution is 2.18. The first kappa shape index (κ1) is 14.5. The van der Waals surface area contributed by atoms with Gasteiger partial charge in [0.2, 0.25) is 0 Å².